The molecule has 0 bridgehead atoms. The molecule has 1 atom stereocenters. The van der Waals surface area contributed by atoms with Gasteiger partial charge in [-0.25, -0.2) is 4.39 Å². The van der Waals surface area contributed by atoms with Crippen LogP contribution < -0.4 is 0 Å². The number of ketones is 1. The smallest absolute Gasteiger partial charge is 0.141 e. The van der Waals surface area contributed by atoms with Gasteiger partial charge < -0.3 is 4.90 Å². The van der Waals surface area contributed by atoms with Crippen LogP contribution in [-0.2, 0) is 10.2 Å². The number of hydrogen-bond acceptors (Lipinski definition) is 2. The largest absolute Gasteiger partial charge is 0.375 e. The molecule has 0 spiro atoms. The van der Waals surface area contributed by atoms with Crippen LogP contribution in [0.1, 0.15) is 44.7 Å². The number of carbonyl (C=O) groups excluding carboxylic acids is 1. The number of nitrogens with zero attached hydrogens (tertiary/aromatic N) is 1. The quantitative estimate of drug-likeness (QED) is 0.795. The predicted octanol–water partition coefficient (Wildman–Crippen LogP) is 4.54. The summed E-state index contributed by atoms with van der Waals surface area (Å²) in [5, 5.41) is 0. The molecule has 1 aromatic rings. The minimum Gasteiger partial charge on any atom is -0.375 e. The van der Waals surface area contributed by atoms with Gasteiger partial charge in [-0.1, -0.05) is 24.8 Å². The van der Waals surface area contributed by atoms with Gasteiger partial charge in [-0.3, -0.25) is 4.79 Å². The second-order valence-electron chi connectivity index (χ2n) is 6.78. The summed E-state index contributed by atoms with van der Waals surface area (Å²) >= 11 is 0. The lowest BCUT2D eigenvalue weighted by Gasteiger charge is -2.32. The molecule has 1 aromatic carbocycles. The van der Waals surface area contributed by atoms with Crippen molar-refractivity contribution in [2.24, 2.45) is 0 Å². The fourth-order valence-electron chi connectivity index (χ4n) is 3.50. The molecule has 2 nitrogen and oxygen atoms in total. The monoisotopic (exact) mass is 315 g/mol. The summed E-state index contributed by atoms with van der Waals surface area (Å²) in [6.07, 6.45) is 3.03. The summed E-state index contributed by atoms with van der Waals surface area (Å²) in [5.41, 5.74) is 2.90. The Hall–Kier alpha value is -1.90. The molecule has 0 aliphatic heterocycles. The van der Waals surface area contributed by atoms with E-state index in [1.165, 1.54) is 6.07 Å². The average Bonchev–Trinajstić information content (AvgIpc) is 2.90. The molecule has 0 amide bonds. The molecule has 0 heterocycles. The number of benzene rings is 1. The molecule has 1 aliphatic carbocycles. The summed E-state index contributed by atoms with van der Waals surface area (Å²) in [6, 6.07) is 5.36. The Morgan fingerprint density at radius 2 is 2.04 bits per heavy atom. The highest BCUT2D eigenvalue weighted by atomic mass is 19.1. The number of Topliss-reactive ketones (excluding diaryl/α,β-unsaturated/α-hetero) is 1. The van der Waals surface area contributed by atoms with Gasteiger partial charge in [0.1, 0.15) is 11.6 Å². The lowest BCUT2D eigenvalue weighted by Crippen LogP contribution is -2.35. The fourth-order valence-corrected chi connectivity index (χ4v) is 3.50. The molecule has 0 aromatic heterocycles. The number of carbonyl (C=O) groups is 1. The van der Waals surface area contributed by atoms with E-state index in [4.69, 9.17) is 0 Å². The molecule has 0 saturated carbocycles. The molecular formula is C20H26FNO. The van der Waals surface area contributed by atoms with Gasteiger partial charge in [0.15, 0.2) is 0 Å². The second kappa shape index (κ2) is 6.31. The summed E-state index contributed by atoms with van der Waals surface area (Å²) in [4.78, 5) is 14.8. The van der Waals surface area contributed by atoms with Crippen LogP contribution in [0.25, 0.3) is 0 Å². The third kappa shape index (κ3) is 2.85. The third-order valence-corrected chi connectivity index (χ3v) is 5.24. The fraction of sp³-hybridized carbons (Fsp3) is 0.450. The van der Waals surface area contributed by atoms with E-state index in [0.717, 1.165) is 16.8 Å². The average molecular weight is 315 g/mol. The van der Waals surface area contributed by atoms with Gasteiger partial charge in [0, 0.05) is 25.2 Å². The number of hydrogen-bond donors (Lipinski definition) is 0. The Kier molecular flexibility index (Phi) is 4.79. The lowest BCUT2D eigenvalue weighted by atomic mass is 9.72. The maximum atomic E-state index is 14.1. The van der Waals surface area contributed by atoms with Gasteiger partial charge in [-0.15, -0.1) is 0 Å². The number of rotatable bonds is 5. The first-order chi connectivity index (χ1) is 10.7. The predicted molar refractivity (Wildman–Crippen MR) is 92.9 cm³/mol. The molecule has 0 radical (unpaired) electrons. The van der Waals surface area contributed by atoms with E-state index in [1.807, 2.05) is 19.2 Å². The van der Waals surface area contributed by atoms with Crippen LogP contribution >= 0.6 is 0 Å². The Balaban J connectivity index is 2.57. The number of halogens is 1. The minimum absolute atomic E-state index is 0.0812. The highest BCUT2D eigenvalue weighted by Gasteiger charge is 2.45. The zero-order valence-corrected chi connectivity index (χ0v) is 14.7. The minimum atomic E-state index is -0.686. The van der Waals surface area contributed by atoms with Gasteiger partial charge in [0.2, 0.25) is 0 Å². The van der Waals surface area contributed by atoms with Crippen LogP contribution in [0.4, 0.5) is 4.39 Å². The van der Waals surface area contributed by atoms with Crippen LogP contribution in [-0.4, -0.2) is 23.8 Å². The van der Waals surface area contributed by atoms with E-state index in [0.29, 0.717) is 24.4 Å². The normalized spacial score (nSPS) is 21.0. The van der Waals surface area contributed by atoms with Gasteiger partial charge in [0.05, 0.1) is 5.41 Å². The van der Waals surface area contributed by atoms with E-state index in [9.17, 15) is 9.18 Å². The highest BCUT2D eigenvalue weighted by molar-refractivity contribution is 5.90. The standard InChI is InChI=1S/C20H26FNO/c1-7-16-11-20(15(5)23,12-19(16)22(6)13(2)3)17-9-8-10-18(21)14(17)4/h7-10,13H,1,11-12H2,2-6H3/t20-/m1/s1. The van der Waals surface area contributed by atoms with E-state index in [-0.39, 0.29) is 11.6 Å². The van der Waals surface area contributed by atoms with Crippen molar-refractivity contribution in [2.75, 3.05) is 7.05 Å². The Bertz CT molecular complexity index is 674. The Labute approximate surface area is 138 Å². The van der Waals surface area contributed by atoms with Gasteiger partial charge in [0.25, 0.3) is 0 Å². The zero-order valence-electron chi connectivity index (χ0n) is 14.7. The van der Waals surface area contributed by atoms with Crippen LogP contribution in [0.3, 0.4) is 0 Å². The van der Waals surface area contributed by atoms with Crippen LogP contribution in [0.5, 0.6) is 0 Å². The van der Waals surface area contributed by atoms with Crippen LogP contribution in [0, 0.1) is 12.7 Å². The summed E-state index contributed by atoms with van der Waals surface area (Å²) in [6.45, 7) is 11.5. The van der Waals surface area contributed by atoms with E-state index < -0.39 is 5.41 Å². The highest BCUT2D eigenvalue weighted by Crippen LogP contribution is 2.47. The maximum absolute atomic E-state index is 14.1. The van der Waals surface area contributed by atoms with Crippen molar-refractivity contribution in [3.8, 4) is 0 Å². The van der Waals surface area contributed by atoms with Crippen LogP contribution in [0.2, 0.25) is 0 Å². The third-order valence-electron chi connectivity index (χ3n) is 5.24. The molecule has 0 unspecified atom stereocenters. The lowest BCUT2D eigenvalue weighted by molar-refractivity contribution is -0.122. The van der Waals surface area contributed by atoms with Gasteiger partial charge in [-0.05, 0) is 56.9 Å². The summed E-state index contributed by atoms with van der Waals surface area (Å²) < 4.78 is 14.1. The van der Waals surface area contributed by atoms with Crippen molar-refractivity contribution in [3.05, 3.63) is 59.1 Å². The molecule has 0 fully saturated rings. The molecule has 124 valence electrons. The van der Waals surface area contributed by atoms with E-state index >= 15 is 0 Å². The van der Waals surface area contributed by atoms with Crippen LogP contribution in [0.15, 0.2) is 42.1 Å². The topological polar surface area (TPSA) is 20.3 Å². The molecule has 0 N–H and O–H groups in total. The molecular weight excluding hydrogens is 289 g/mol. The van der Waals surface area contributed by atoms with Crippen molar-refractivity contribution < 1.29 is 9.18 Å². The van der Waals surface area contributed by atoms with Crippen molar-refractivity contribution >= 4 is 5.78 Å². The van der Waals surface area contributed by atoms with Crippen molar-refractivity contribution in [3.63, 3.8) is 0 Å². The molecule has 1 aliphatic rings. The maximum Gasteiger partial charge on any atom is 0.141 e. The SMILES string of the molecule is C=CC1=C(N(C)C(C)C)C[C@](C(C)=O)(c2cccc(F)c2C)C1. The Morgan fingerprint density at radius 1 is 1.39 bits per heavy atom. The molecule has 3 heteroatoms. The summed E-state index contributed by atoms with van der Waals surface area (Å²) in [5.74, 6) is -0.174. The van der Waals surface area contributed by atoms with E-state index in [2.05, 4.69) is 25.3 Å². The molecule has 2 rings (SSSR count). The van der Waals surface area contributed by atoms with E-state index in [1.54, 1.807) is 19.9 Å². The van der Waals surface area contributed by atoms with Gasteiger partial charge >= 0.3 is 0 Å². The molecule has 23 heavy (non-hydrogen) atoms. The zero-order chi connectivity index (χ0) is 17.4. The summed E-state index contributed by atoms with van der Waals surface area (Å²) in [7, 11) is 2.04. The van der Waals surface area contributed by atoms with Gasteiger partial charge in [-0.2, -0.15) is 0 Å². The first kappa shape index (κ1) is 17.5. The first-order valence-corrected chi connectivity index (χ1v) is 8.08. The number of allylic oxidation sites excluding steroid dienone is 3. The molecule has 0 saturated heterocycles. The first-order valence-electron chi connectivity index (χ1n) is 8.08. The Morgan fingerprint density at radius 3 is 2.57 bits per heavy atom. The van der Waals surface area contributed by atoms with Crippen molar-refractivity contribution in [1.82, 2.24) is 4.90 Å². The second-order valence-corrected chi connectivity index (χ2v) is 6.78. The van der Waals surface area contributed by atoms with Crippen molar-refractivity contribution in [2.45, 2.75) is 52.0 Å². The van der Waals surface area contributed by atoms with Crippen molar-refractivity contribution in [1.29, 1.82) is 0 Å².